The maximum atomic E-state index is 13.1. The Labute approximate surface area is 152 Å². The third-order valence-electron chi connectivity index (χ3n) is 3.81. The molecule has 0 radical (unpaired) electrons. The van der Waals surface area contributed by atoms with Gasteiger partial charge < -0.3 is 4.84 Å². The SMILES string of the molecule is O=C(ON1C(=O)c2ccccc2C1=O)c1c(C(F)(F)F)cccc1C(F)(F)F. The highest BCUT2D eigenvalue weighted by Crippen LogP contribution is 2.40. The van der Waals surface area contributed by atoms with Crippen LogP contribution < -0.4 is 0 Å². The summed E-state index contributed by atoms with van der Waals surface area (Å²) in [5, 5.41) is -0.166. The first kappa shape index (κ1) is 19.4. The molecule has 28 heavy (non-hydrogen) atoms. The van der Waals surface area contributed by atoms with Crippen LogP contribution in [0.15, 0.2) is 42.5 Å². The van der Waals surface area contributed by atoms with Crippen LogP contribution in [-0.4, -0.2) is 22.8 Å². The molecule has 0 saturated heterocycles. The van der Waals surface area contributed by atoms with E-state index < -0.39 is 46.8 Å². The number of carbonyl (C=O) groups is 3. The molecule has 1 aliphatic rings. The number of rotatable bonds is 2. The highest BCUT2D eigenvalue weighted by molar-refractivity contribution is 6.21. The number of alkyl halides is 6. The van der Waals surface area contributed by atoms with E-state index >= 15 is 0 Å². The largest absolute Gasteiger partial charge is 0.417 e. The molecule has 2 aromatic carbocycles. The van der Waals surface area contributed by atoms with Crippen LogP contribution in [0, 0.1) is 0 Å². The van der Waals surface area contributed by atoms with Crippen LogP contribution >= 0.6 is 0 Å². The second-order valence-corrected chi connectivity index (χ2v) is 5.55. The van der Waals surface area contributed by atoms with Crippen LogP contribution in [0.4, 0.5) is 26.3 Å². The first-order valence-corrected chi connectivity index (χ1v) is 7.40. The maximum absolute atomic E-state index is 13.1. The summed E-state index contributed by atoms with van der Waals surface area (Å²) in [6.07, 6.45) is -10.6. The van der Waals surface area contributed by atoms with E-state index in [0.717, 1.165) is 0 Å². The van der Waals surface area contributed by atoms with E-state index in [2.05, 4.69) is 4.84 Å². The Morgan fingerprint density at radius 1 is 0.750 bits per heavy atom. The predicted molar refractivity (Wildman–Crippen MR) is 78.8 cm³/mol. The van der Waals surface area contributed by atoms with Gasteiger partial charge >= 0.3 is 18.3 Å². The van der Waals surface area contributed by atoms with Crippen molar-refractivity contribution in [2.24, 2.45) is 0 Å². The average Bonchev–Trinajstić information content (AvgIpc) is 2.85. The van der Waals surface area contributed by atoms with Crippen LogP contribution in [-0.2, 0) is 17.2 Å². The number of nitrogens with zero attached hydrogens (tertiary/aromatic N) is 1. The Hall–Kier alpha value is -3.37. The zero-order chi connectivity index (χ0) is 20.9. The molecule has 0 saturated carbocycles. The van der Waals surface area contributed by atoms with Gasteiger partial charge in [-0.05, 0) is 24.3 Å². The van der Waals surface area contributed by atoms with Gasteiger partial charge in [-0.2, -0.15) is 26.3 Å². The van der Waals surface area contributed by atoms with Gasteiger partial charge in [-0.15, -0.1) is 0 Å². The van der Waals surface area contributed by atoms with Gasteiger partial charge in [-0.1, -0.05) is 23.3 Å². The fourth-order valence-corrected chi connectivity index (χ4v) is 2.62. The van der Waals surface area contributed by atoms with Crippen LogP contribution in [0.2, 0.25) is 0 Å². The van der Waals surface area contributed by atoms with E-state index in [0.29, 0.717) is 6.07 Å². The minimum atomic E-state index is -5.32. The molecule has 0 bridgehead atoms. The van der Waals surface area contributed by atoms with Crippen molar-refractivity contribution in [1.82, 2.24) is 5.06 Å². The van der Waals surface area contributed by atoms with E-state index in [4.69, 9.17) is 0 Å². The number of amides is 2. The summed E-state index contributed by atoms with van der Waals surface area (Å²) in [7, 11) is 0. The van der Waals surface area contributed by atoms with Crippen molar-refractivity contribution >= 4 is 17.8 Å². The standard InChI is InChI=1S/C17H7F6NO4/c18-16(19,20)10-6-3-7-11(17(21,22)23)12(10)15(27)28-24-13(25)8-4-1-2-5-9(8)14(24)26/h1-7H. The Morgan fingerprint density at radius 3 is 1.57 bits per heavy atom. The lowest BCUT2D eigenvalue weighted by Gasteiger charge is -2.19. The molecule has 0 atom stereocenters. The van der Waals surface area contributed by atoms with Gasteiger partial charge in [-0.3, -0.25) is 9.59 Å². The van der Waals surface area contributed by atoms with Gasteiger partial charge in [0.05, 0.1) is 27.8 Å². The lowest BCUT2D eigenvalue weighted by Crippen LogP contribution is -2.34. The lowest BCUT2D eigenvalue weighted by atomic mass is 10.00. The van der Waals surface area contributed by atoms with Crippen molar-refractivity contribution in [2.75, 3.05) is 0 Å². The molecule has 3 rings (SSSR count). The van der Waals surface area contributed by atoms with Crippen molar-refractivity contribution in [3.63, 3.8) is 0 Å². The van der Waals surface area contributed by atoms with Gasteiger partial charge in [0.15, 0.2) is 0 Å². The third-order valence-corrected chi connectivity index (χ3v) is 3.81. The number of fused-ring (bicyclic) bond motifs is 1. The van der Waals surface area contributed by atoms with Crippen molar-refractivity contribution in [1.29, 1.82) is 0 Å². The van der Waals surface area contributed by atoms with Crippen LogP contribution in [0.1, 0.15) is 42.2 Å². The maximum Gasteiger partial charge on any atom is 0.417 e. The summed E-state index contributed by atoms with van der Waals surface area (Å²) < 4.78 is 78.8. The lowest BCUT2D eigenvalue weighted by molar-refractivity contribution is -0.144. The number of hydroxylamine groups is 2. The first-order chi connectivity index (χ1) is 12.9. The van der Waals surface area contributed by atoms with Crippen molar-refractivity contribution in [3.8, 4) is 0 Å². The van der Waals surface area contributed by atoms with Gasteiger partial charge in [0, 0.05) is 0 Å². The summed E-state index contributed by atoms with van der Waals surface area (Å²) in [6, 6.07) is 6.11. The molecule has 146 valence electrons. The van der Waals surface area contributed by atoms with E-state index in [-0.39, 0.29) is 28.3 Å². The van der Waals surface area contributed by atoms with E-state index in [1.807, 2.05) is 0 Å². The zero-order valence-corrected chi connectivity index (χ0v) is 13.4. The molecule has 0 spiro atoms. The van der Waals surface area contributed by atoms with Gasteiger partial charge in [0.25, 0.3) is 11.8 Å². The fraction of sp³-hybridized carbons (Fsp3) is 0.118. The van der Waals surface area contributed by atoms with Crippen molar-refractivity contribution < 1.29 is 45.6 Å². The molecule has 0 fully saturated rings. The highest BCUT2D eigenvalue weighted by atomic mass is 19.4. The average molecular weight is 403 g/mol. The van der Waals surface area contributed by atoms with Crippen LogP contribution in [0.25, 0.3) is 0 Å². The normalized spacial score (nSPS) is 14.3. The van der Waals surface area contributed by atoms with Gasteiger partial charge in [0.2, 0.25) is 0 Å². The Bertz CT molecular complexity index is 929. The molecular formula is C17H7F6NO4. The Balaban J connectivity index is 2.05. The molecule has 0 aliphatic carbocycles. The quantitative estimate of drug-likeness (QED) is 0.560. The molecule has 1 heterocycles. The summed E-state index contributed by atoms with van der Waals surface area (Å²) in [5.74, 6) is -4.52. The van der Waals surface area contributed by atoms with Crippen LogP contribution in [0.5, 0.6) is 0 Å². The fourth-order valence-electron chi connectivity index (χ4n) is 2.62. The zero-order valence-electron chi connectivity index (χ0n) is 13.4. The van der Waals surface area contributed by atoms with Gasteiger partial charge in [0.1, 0.15) is 0 Å². The molecule has 5 nitrogen and oxygen atoms in total. The summed E-state index contributed by atoms with van der Waals surface area (Å²) in [5.41, 5.74) is -6.09. The minimum absolute atomic E-state index is 0.166. The number of benzene rings is 2. The monoisotopic (exact) mass is 403 g/mol. The molecular weight excluding hydrogens is 396 g/mol. The molecule has 0 unspecified atom stereocenters. The first-order valence-electron chi connectivity index (χ1n) is 7.40. The molecule has 0 aromatic heterocycles. The molecule has 2 amide bonds. The van der Waals surface area contributed by atoms with Crippen molar-refractivity contribution in [3.05, 3.63) is 70.3 Å². The van der Waals surface area contributed by atoms with Gasteiger partial charge in [-0.25, -0.2) is 4.79 Å². The topological polar surface area (TPSA) is 63.7 Å². The van der Waals surface area contributed by atoms with Crippen molar-refractivity contribution in [2.45, 2.75) is 12.4 Å². The predicted octanol–water partition coefficient (Wildman–Crippen LogP) is 4.09. The molecule has 0 N–H and O–H groups in total. The highest BCUT2D eigenvalue weighted by Gasteiger charge is 2.45. The second-order valence-electron chi connectivity index (χ2n) is 5.55. The summed E-state index contributed by atoms with van der Waals surface area (Å²) >= 11 is 0. The number of carbonyl (C=O) groups excluding carboxylic acids is 3. The number of imide groups is 1. The summed E-state index contributed by atoms with van der Waals surface area (Å²) in [4.78, 5) is 40.8. The minimum Gasteiger partial charge on any atom is -0.324 e. The second kappa shape index (κ2) is 6.36. The smallest absolute Gasteiger partial charge is 0.324 e. The van der Waals surface area contributed by atoms with E-state index in [9.17, 15) is 40.7 Å². The number of halogens is 6. The molecule has 11 heteroatoms. The van der Waals surface area contributed by atoms with Crippen LogP contribution in [0.3, 0.4) is 0 Å². The number of hydrogen-bond donors (Lipinski definition) is 0. The van der Waals surface area contributed by atoms with E-state index in [1.54, 1.807) is 0 Å². The molecule has 2 aromatic rings. The Morgan fingerprint density at radius 2 is 1.18 bits per heavy atom. The van der Waals surface area contributed by atoms with E-state index in [1.165, 1.54) is 24.3 Å². The number of hydrogen-bond acceptors (Lipinski definition) is 4. The Kier molecular flexibility index (Phi) is 4.40. The molecule has 1 aliphatic heterocycles. The summed E-state index contributed by atoms with van der Waals surface area (Å²) in [6.45, 7) is 0. The third kappa shape index (κ3) is 3.19.